The fourth-order valence-electron chi connectivity index (χ4n) is 3.44. The van der Waals surface area contributed by atoms with Crippen LogP contribution in [-0.2, 0) is 19.2 Å². The van der Waals surface area contributed by atoms with Gasteiger partial charge in [-0.15, -0.1) is 0 Å². The molecule has 0 aliphatic carbocycles. The molecule has 1 rings (SSSR count). The molecule has 14 heteroatoms. The first kappa shape index (κ1) is 29.5. The van der Waals surface area contributed by atoms with E-state index >= 15 is 0 Å². The minimum atomic E-state index is -1.18. The summed E-state index contributed by atoms with van der Waals surface area (Å²) in [5.74, 6) is -2.88. The maximum absolute atomic E-state index is 13.0. The Hall–Kier alpha value is -2.58. The first-order chi connectivity index (χ1) is 16.2. The largest absolute Gasteiger partial charge is 0.480 e. The zero-order valence-corrected chi connectivity index (χ0v) is 20.2. The number of carbonyl (C=O) groups excluding carboxylic acids is 3. The number of carbonyl (C=O) groups is 4. The van der Waals surface area contributed by atoms with Crippen molar-refractivity contribution in [2.75, 3.05) is 25.4 Å². The Morgan fingerprint density at radius 3 is 2.21 bits per heavy atom. The number of guanidine groups is 1. The lowest BCUT2D eigenvalue weighted by Gasteiger charge is -2.24. The van der Waals surface area contributed by atoms with Gasteiger partial charge in [-0.2, -0.15) is 12.6 Å². The molecule has 3 amide bonds. The van der Waals surface area contributed by atoms with Crippen LogP contribution in [0.3, 0.4) is 0 Å². The predicted octanol–water partition coefficient (Wildman–Crippen LogP) is -2.61. The van der Waals surface area contributed by atoms with Gasteiger partial charge in [-0.25, -0.2) is 4.79 Å². The summed E-state index contributed by atoms with van der Waals surface area (Å²) in [6.45, 7) is 1.41. The van der Waals surface area contributed by atoms with Crippen LogP contribution < -0.4 is 38.5 Å². The lowest BCUT2D eigenvalue weighted by Crippen LogP contribution is -2.57. The summed E-state index contributed by atoms with van der Waals surface area (Å²) in [5, 5.41) is 20.2. The van der Waals surface area contributed by atoms with Gasteiger partial charge in [0.1, 0.15) is 18.1 Å². The molecule has 0 aromatic rings. The van der Waals surface area contributed by atoms with Gasteiger partial charge >= 0.3 is 5.97 Å². The van der Waals surface area contributed by atoms with Crippen molar-refractivity contribution in [3.63, 3.8) is 0 Å². The van der Waals surface area contributed by atoms with Crippen LogP contribution in [0.15, 0.2) is 4.99 Å². The van der Waals surface area contributed by atoms with Crippen molar-refractivity contribution < 1.29 is 24.3 Å². The second-order valence-corrected chi connectivity index (χ2v) is 8.45. The van der Waals surface area contributed by atoms with Gasteiger partial charge in [0.25, 0.3) is 0 Å². The number of amides is 3. The maximum Gasteiger partial charge on any atom is 0.326 e. The third-order valence-corrected chi connectivity index (χ3v) is 5.70. The van der Waals surface area contributed by atoms with Crippen molar-refractivity contribution in [3.8, 4) is 0 Å². The molecule has 1 heterocycles. The Labute approximate surface area is 204 Å². The monoisotopic (exact) mass is 502 g/mol. The number of nitrogens with two attached hydrogens (primary N) is 3. The molecule has 0 spiro atoms. The molecule has 13 nitrogen and oxygen atoms in total. The van der Waals surface area contributed by atoms with Crippen LogP contribution in [0.2, 0.25) is 0 Å². The number of nitrogens with one attached hydrogen (secondary N) is 4. The fraction of sp³-hybridized carbons (Fsp3) is 0.750. The molecule has 1 aliphatic rings. The third-order valence-electron chi connectivity index (χ3n) is 5.33. The van der Waals surface area contributed by atoms with Crippen molar-refractivity contribution >= 4 is 42.3 Å². The third kappa shape index (κ3) is 11.0. The molecule has 0 radical (unpaired) electrons. The van der Waals surface area contributed by atoms with Crippen LogP contribution >= 0.6 is 12.6 Å². The minimum absolute atomic E-state index is 0.0639. The Morgan fingerprint density at radius 2 is 1.65 bits per heavy atom. The number of hydrogen-bond acceptors (Lipinski definition) is 8. The van der Waals surface area contributed by atoms with E-state index in [4.69, 9.17) is 17.2 Å². The number of nitrogens with zero attached hydrogens (tertiary/aromatic N) is 1. The zero-order valence-electron chi connectivity index (χ0n) is 19.3. The number of thiol groups is 1. The Balaban J connectivity index is 2.79. The number of aliphatic imine (C=N–C) groups is 1. The molecule has 4 unspecified atom stereocenters. The molecule has 4 atom stereocenters. The van der Waals surface area contributed by atoms with Crippen LogP contribution in [0, 0.1) is 0 Å². The van der Waals surface area contributed by atoms with Crippen LogP contribution in [0.5, 0.6) is 0 Å². The van der Waals surface area contributed by atoms with Gasteiger partial charge in [0.05, 0.1) is 6.04 Å². The molecule has 34 heavy (non-hydrogen) atoms. The SMILES string of the molecule is NCCCCC(NC(=O)C(CS)NC(=O)C(CCCN=C(N)N)NC(=O)C1CCCN1)C(=O)O. The highest BCUT2D eigenvalue weighted by molar-refractivity contribution is 7.80. The zero-order chi connectivity index (χ0) is 25.5. The second kappa shape index (κ2) is 16.1. The number of carboxylic acids is 1. The molecular formula is C20H38N8O5S. The van der Waals surface area contributed by atoms with E-state index in [2.05, 4.69) is 38.9 Å². The molecule has 1 aliphatic heterocycles. The van der Waals surface area contributed by atoms with Crippen LogP contribution in [0.4, 0.5) is 0 Å². The topological polar surface area (TPSA) is 227 Å². The Kier molecular flexibility index (Phi) is 14.0. The molecule has 0 saturated carbocycles. The van der Waals surface area contributed by atoms with Crippen molar-refractivity contribution in [1.29, 1.82) is 0 Å². The summed E-state index contributed by atoms with van der Waals surface area (Å²) in [4.78, 5) is 53.5. The van der Waals surface area contributed by atoms with Crippen molar-refractivity contribution in [1.82, 2.24) is 21.3 Å². The highest BCUT2D eigenvalue weighted by Crippen LogP contribution is 2.08. The minimum Gasteiger partial charge on any atom is -0.480 e. The lowest BCUT2D eigenvalue weighted by molar-refractivity contribution is -0.142. The summed E-state index contributed by atoms with van der Waals surface area (Å²) in [7, 11) is 0. The van der Waals surface area contributed by atoms with Gasteiger partial charge in [0.15, 0.2) is 5.96 Å². The molecule has 1 saturated heterocycles. The first-order valence-electron chi connectivity index (χ1n) is 11.4. The average molecular weight is 503 g/mol. The van der Waals surface area contributed by atoms with E-state index in [1.807, 2.05) is 0 Å². The van der Waals surface area contributed by atoms with Gasteiger partial charge in [-0.05, 0) is 58.0 Å². The summed E-state index contributed by atoms with van der Waals surface area (Å²) >= 11 is 4.12. The normalized spacial score (nSPS) is 17.8. The summed E-state index contributed by atoms with van der Waals surface area (Å²) < 4.78 is 0. The Bertz CT molecular complexity index is 713. The second-order valence-electron chi connectivity index (χ2n) is 8.09. The molecule has 0 aromatic carbocycles. The highest BCUT2D eigenvalue weighted by Gasteiger charge is 2.30. The van der Waals surface area contributed by atoms with Crippen molar-refractivity contribution in [2.24, 2.45) is 22.2 Å². The van der Waals surface area contributed by atoms with E-state index in [0.29, 0.717) is 32.2 Å². The van der Waals surface area contributed by atoms with Crippen molar-refractivity contribution in [3.05, 3.63) is 0 Å². The van der Waals surface area contributed by atoms with Crippen LogP contribution in [0.1, 0.15) is 44.9 Å². The molecule has 0 aromatic heterocycles. The van der Waals surface area contributed by atoms with Gasteiger partial charge in [-0.3, -0.25) is 19.4 Å². The van der Waals surface area contributed by atoms with Crippen LogP contribution in [-0.4, -0.2) is 84.3 Å². The number of carboxylic acid groups (broad SMARTS) is 1. The summed E-state index contributed by atoms with van der Waals surface area (Å²) in [5.41, 5.74) is 16.1. The molecule has 11 N–H and O–H groups in total. The van der Waals surface area contributed by atoms with E-state index in [1.54, 1.807) is 0 Å². The van der Waals surface area contributed by atoms with Gasteiger partial charge in [0, 0.05) is 12.3 Å². The van der Waals surface area contributed by atoms with E-state index in [9.17, 15) is 24.3 Å². The first-order valence-corrected chi connectivity index (χ1v) is 12.1. The standard InChI is InChI=1S/C20H38N8O5S/c21-8-2-1-5-14(19(32)33)27-18(31)15(11-34)28-17(30)13(7-4-10-25-20(22)23)26-16(29)12-6-3-9-24-12/h12-15,24,34H,1-11,21H2,(H,26,29)(H,27,31)(H,28,30)(H,32,33)(H4,22,23,25). The molecule has 1 fully saturated rings. The number of unbranched alkanes of at least 4 members (excludes halogenated alkanes) is 1. The maximum atomic E-state index is 13.0. The summed E-state index contributed by atoms with van der Waals surface area (Å²) in [6.07, 6.45) is 3.54. The average Bonchev–Trinajstić information content (AvgIpc) is 3.33. The number of rotatable bonds is 16. The quantitative estimate of drug-likeness (QED) is 0.0465. The van der Waals surface area contributed by atoms with E-state index in [-0.39, 0.29) is 43.0 Å². The number of aliphatic carboxylic acids is 1. The highest BCUT2D eigenvalue weighted by atomic mass is 32.1. The van der Waals surface area contributed by atoms with Crippen LogP contribution in [0.25, 0.3) is 0 Å². The van der Waals surface area contributed by atoms with Gasteiger partial charge < -0.3 is 43.6 Å². The smallest absolute Gasteiger partial charge is 0.326 e. The lowest BCUT2D eigenvalue weighted by atomic mass is 10.1. The predicted molar refractivity (Wildman–Crippen MR) is 131 cm³/mol. The van der Waals surface area contributed by atoms with E-state index in [1.165, 1.54) is 0 Å². The summed E-state index contributed by atoms with van der Waals surface area (Å²) in [6, 6.07) is -3.52. The van der Waals surface area contributed by atoms with Gasteiger partial charge in [-0.1, -0.05) is 0 Å². The Morgan fingerprint density at radius 1 is 1.00 bits per heavy atom. The van der Waals surface area contributed by atoms with E-state index < -0.39 is 35.9 Å². The molecule has 194 valence electrons. The van der Waals surface area contributed by atoms with Gasteiger partial charge in [0.2, 0.25) is 17.7 Å². The van der Waals surface area contributed by atoms with Crippen molar-refractivity contribution in [2.45, 2.75) is 69.1 Å². The van der Waals surface area contributed by atoms with E-state index in [0.717, 1.165) is 13.0 Å². The number of hydrogen-bond donors (Lipinski definition) is 9. The molecule has 0 bridgehead atoms. The fourth-order valence-corrected chi connectivity index (χ4v) is 3.70. The molecular weight excluding hydrogens is 464 g/mol.